The number of nitrogens with one attached hydrogen (secondary N) is 2. The molecule has 1 heterocycles. The first kappa shape index (κ1) is 12.9. The SMILES string of the molecule is Nc1cc(Cl)ccc1S(=O)(=O)NCc1cn[nH]c1. The summed E-state index contributed by atoms with van der Waals surface area (Å²) < 4.78 is 26.4. The molecule has 6 nitrogen and oxygen atoms in total. The summed E-state index contributed by atoms with van der Waals surface area (Å²) in [5.74, 6) is 0. The minimum atomic E-state index is -3.66. The summed E-state index contributed by atoms with van der Waals surface area (Å²) in [6.07, 6.45) is 3.14. The van der Waals surface area contributed by atoms with Gasteiger partial charge >= 0.3 is 0 Å². The van der Waals surface area contributed by atoms with Gasteiger partial charge in [0.2, 0.25) is 10.0 Å². The van der Waals surface area contributed by atoms with Crippen molar-refractivity contribution in [2.24, 2.45) is 0 Å². The molecule has 2 aromatic rings. The van der Waals surface area contributed by atoms with E-state index in [1.165, 1.54) is 24.4 Å². The second-order valence-electron chi connectivity index (χ2n) is 3.61. The minimum absolute atomic E-state index is 0.00962. The Morgan fingerprint density at radius 3 is 2.83 bits per heavy atom. The van der Waals surface area contributed by atoms with Gasteiger partial charge in [0.1, 0.15) is 4.90 Å². The van der Waals surface area contributed by atoms with Crippen LogP contribution in [0.25, 0.3) is 0 Å². The van der Waals surface area contributed by atoms with Crippen molar-refractivity contribution in [3.63, 3.8) is 0 Å². The maximum Gasteiger partial charge on any atom is 0.242 e. The molecule has 4 N–H and O–H groups in total. The molecule has 0 amide bonds. The van der Waals surface area contributed by atoms with Crippen molar-refractivity contribution in [3.05, 3.63) is 41.2 Å². The molecule has 0 fully saturated rings. The number of aromatic amines is 1. The monoisotopic (exact) mass is 286 g/mol. The van der Waals surface area contributed by atoms with Crippen molar-refractivity contribution in [1.29, 1.82) is 0 Å². The smallest absolute Gasteiger partial charge is 0.242 e. The number of anilines is 1. The zero-order chi connectivity index (χ0) is 13.2. The van der Waals surface area contributed by atoms with Gasteiger partial charge in [0, 0.05) is 23.3 Å². The molecule has 1 aromatic heterocycles. The van der Waals surface area contributed by atoms with E-state index in [1.807, 2.05) is 0 Å². The van der Waals surface area contributed by atoms with Crippen molar-refractivity contribution in [2.45, 2.75) is 11.4 Å². The van der Waals surface area contributed by atoms with Gasteiger partial charge in [0.15, 0.2) is 0 Å². The summed E-state index contributed by atoms with van der Waals surface area (Å²) >= 11 is 5.72. The Morgan fingerprint density at radius 1 is 1.44 bits per heavy atom. The second kappa shape index (κ2) is 4.97. The van der Waals surface area contributed by atoms with Crippen molar-refractivity contribution in [2.75, 3.05) is 5.73 Å². The number of rotatable bonds is 4. The van der Waals surface area contributed by atoms with Gasteiger partial charge in [0.25, 0.3) is 0 Å². The van der Waals surface area contributed by atoms with Crippen LogP contribution in [-0.2, 0) is 16.6 Å². The Balaban J connectivity index is 2.20. The quantitative estimate of drug-likeness (QED) is 0.733. The highest BCUT2D eigenvalue weighted by molar-refractivity contribution is 7.89. The topological polar surface area (TPSA) is 101 Å². The highest BCUT2D eigenvalue weighted by atomic mass is 35.5. The van der Waals surface area contributed by atoms with Gasteiger partial charge in [-0.15, -0.1) is 0 Å². The number of hydrogen-bond acceptors (Lipinski definition) is 4. The van der Waals surface area contributed by atoms with Crippen LogP contribution in [0.15, 0.2) is 35.5 Å². The predicted molar refractivity (Wildman–Crippen MR) is 68.5 cm³/mol. The van der Waals surface area contributed by atoms with Crippen LogP contribution < -0.4 is 10.5 Å². The van der Waals surface area contributed by atoms with Gasteiger partial charge in [-0.1, -0.05) is 11.6 Å². The molecule has 0 saturated heterocycles. The number of hydrogen-bond donors (Lipinski definition) is 3. The summed E-state index contributed by atoms with van der Waals surface area (Å²) in [5, 5.41) is 6.71. The van der Waals surface area contributed by atoms with E-state index in [0.717, 1.165) is 5.56 Å². The maximum absolute atomic E-state index is 12.0. The standard InChI is InChI=1S/C10H11ClN4O2S/c11-8-1-2-10(9(12)3-8)18(16,17)15-6-7-4-13-14-5-7/h1-5,15H,6,12H2,(H,13,14). The normalized spacial score (nSPS) is 11.6. The van der Waals surface area contributed by atoms with Crippen LogP contribution in [0.5, 0.6) is 0 Å². The zero-order valence-corrected chi connectivity index (χ0v) is 10.8. The summed E-state index contributed by atoms with van der Waals surface area (Å²) in [5.41, 5.74) is 6.48. The lowest BCUT2D eigenvalue weighted by Gasteiger charge is -2.08. The fraction of sp³-hybridized carbons (Fsp3) is 0.100. The third-order valence-electron chi connectivity index (χ3n) is 2.28. The molecule has 0 aliphatic carbocycles. The lowest BCUT2D eigenvalue weighted by molar-refractivity contribution is 0.582. The lowest BCUT2D eigenvalue weighted by atomic mass is 10.3. The molecule has 0 unspecified atom stereocenters. The number of benzene rings is 1. The van der Waals surface area contributed by atoms with E-state index in [0.29, 0.717) is 5.02 Å². The van der Waals surface area contributed by atoms with E-state index in [9.17, 15) is 8.42 Å². The highest BCUT2D eigenvalue weighted by Crippen LogP contribution is 2.22. The van der Waals surface area contributed by atoms with E-state index in [-0.39, 0.29) is 17.1 Å². The Hall–Kier alpha value is -1.57. The van der Waals surface area contributed by atoms with E-state index in [2.05, 4.69) is 14.9 Å². The van der Waals surface area contributed by atoms with Crippen LogP contribution in [0.3, 0.4) is 0 Å². The molecule has 0 saturated carbocycles. The molecular formula is C10H11ClN4O2S. The van der Waals surface area contributed by atoms with Crippen LogP contribution in [-0.4, -0.2) is 18.6 Å². The van der Waals surface area contributed by atoms with E-state index in [1.54, 1.807) is 6.20 Å². The fourth-order valence-corrected chi connectivity index (χ4v) is 2.70. The molecule has 18 heavy (non-hydrogen) atoms. The maximum atomic E-state index is 12.0. The number of halogens is 1. The number of sulfonamides is 1. The molecule has 8 heteroatoms. The van der Waals surface area contributed by atoms with Crippen molar-refractivity contribution < 1.29 is 8.42 Å². The van der Waals surface area contributed by atoms with Gasteiger partial charge in [-0.25, -0.2) is 13.1 Å². The summed E-state index contributed by atoms with van der Waals surface area (Å²) in [4.78, 5) is 0.00962. The Kier molecular flexibility index (Phi) is 3.55. The Labute approximate surface area is 109 Å². The van der Waals surface area contributed by atoms with E-state index < -0.39 is 10.0 Å². The van der Waals surface area contributed by atoms with Crippen LogP contribution in [0.1, 0.15) is 5.56 Å². The summed E-state index contributed by atoms with van der Waals surface area (Å²) in [6, 6.07) is 4.24. The van der Waals surface area contributed by atoms with Crippen LogP contribution in [0, 0.1) is 0 Å². The summed E-state index contributed by atoms with van der Waals surface area (Å²) in [6.45, 7) is 0.140. The van der Waals surface area contributed by atoms with E-state index >= 15 is 0 Å². The third kappa shape index (κ3) is 2.81. The zero-order valence-electron chi connectivity index (χ0n) is 9.22. The second-order valence-corrected chi connectivity index (χ2v) is 5.79. The first-order chi connectivity index (χ1) is 8.49. The molecule has 0 aliphatic heterocycles. The molecule has 0 aliphatic rings. The van der Waals surface area contributed by atoms with Gasteiger partial charge < -0.3 is 5.73 Å². The molecule has 2 rings (SSSR count). The van der Waals surface area contributed by atoms with Gasteiger partial charge in [-0.3, -0.25) is 5.10 Å². The van der Waals surface area contributed by atoms with Gasteiger partial charge in [-0.2, -0.15) is 5.10 Å². The van der Waals surface area contributed by atoms with Crippen molar-refractivity contribution in [1.82, 2.24) is 14.9 Å². The number of nitrogens with two attached hydrogens (primary N) is 1. The molecule has 1 aromatic carbocycles. The molecule has 96 valence electrons. The van der Waals surface area contributed by atoms with E-state index in [4.69, 9.17) is 17.3 Å². The average molecular weight is 287 g/mol. The number of aromatic nitrogens is 2. The Morgan fingerprint density at radius 2 is 2.22 bits per heavy atom. The fourth-order valence-electron chi connectivity index (χ4n) is 1.39. The molecule has 0 bridgehead atoms. The highest BCUT2D eigenvalue weighted by Gasteiger charge is 2.17. The predicted octanol–water partition coefficient (Wildman–Crippen LogP) is 1.12. The number of nitrogens with zero attached hydrogens (tertiary/aromatic N) is 1. The van der Waals surface area contributed by atoms with Crippen molar-refractivity contribution >= 4 is 27.3 Å². The minimum Gasteiger partial charge on any atom is -0.398 e. The van der Waals surface area contributed by atoms with Gasteiger partial charge in [-0.05, 0) is 18.2 Å². The first-order valence-corrected chi connectivity index (χ1v) is 6.87. The van der Waals surface area contributed by atoms with Crippen LogP contribution in [0.2, 0.25) is 5.02 Å². The van der Waals surface area contributed by atoms with Crippen molar-refractivity contribution in [3.8, 4) is 0 Å². The van der Waals surface area contributed by atoms with Gasteiger partial charge in [0.05, 0.1) is 11.9 Å². The average Bonchev–Trinajstić information content (AvgIpc) is 2.78. The van der Waals surface area contributed by atoms with Crippen LogP contribution in [0.4, 0.5) is 5.69 Å². The lowest BCUT2D eigenvalue weighted by Crippen LogP contribution is -2.23. The molecule has 0 spiro atoms. The summed E-state index contributed by atoms with van der Waals surface area (Å²) in [7, 11) is -3.66. The molecule has 0 atom stereocenters. The molecule has 0 radical (unpaired) electrons. The Bertz CT molecular complexity index is 640. The first-order valence-electron chi connectivity index (χ1n) is 5.01. The third-order valence-corrected chi connectivity index (χ3v) is 3.99. The number of H-pyrrole nitrogens is 1. The number of nitrogen functional groups attached to an aromatic ring is 1. The largest absolute Gasteiger partial charge is 0.398 e. The van der Waals surface area contributed by atoms with Crippen LogP contribution >= 0.6 is 11.6 Å². The molecular weight excluding hydrogens is 276 g/mol.